The Morgan fingerprint density at radius 3 is 2.71 bits per heavy atom. The molecule has 0 bridgehead atoms. The molecule has 0 unspecified atom stereocenters. The van der Waals surface area contributed by atoms with Gasteiger partial charge in [-0.1, -0.05) is 48.0 Å². The highest BCUT2D eigenvalue weighted by Gasteiger charge is 2.22. The van der Waals surface area contributed by atoms with Crippen molar-refractivity contribution in [3.63, 3.8) is 0 Å². The zero-order chi connectivity index (χ0) is 25.2. The Labute approximate surface area is 207 Å². The Kier molecular flexibility index (Phi) is 9.75. The highest BCUT2D eigenvalue weighted by molar-refractivity contribution is 6.31. The number of anilines is 1. The number of ether oxygens (including phenoxy) is 1. The van der Waals surface area contributed by atoms with E-state index in [0.29, 0.717) is 11.4 Å². The van der Waals surface area contributed by atoms with Gasteiger partial charge >= 0.3 is 6.09 Å². The number of likely N-dealkylation sites (N-methyl/N-ethyl adjacent to an activating group) is 1. The predicted molar refractivity (Wildman–Crippen MR) is 132 cm³/mol. The first-order valence-corrected chi connectivity index (χ1v) is 11.5. The molecule has 3 rings (SSSR count). The number of fused-ring (bicyclic) bond motifs is 1. The van der Waals surface area contributed by atoms with Crippen LogP contribution in [0.15, 0.2) is 54.7 Å². The number of pyridine rings is 1. The van der Waals surface area contributed by atoms with E-state index >= 15 is 0 Å². The number of nitrogens with one attached hydrogen (secondary N) is 2. The first-order chi connectivity index (χ1) is 16.9. The summed E-state index contributed by atoms with van der Waals surface area (Å²) in [5, 5.41) is 7.31. The third kappa shape index (κ3) is 7.60. The van der Waals surface area contributed by atoms with Gasteiger partial charge in [0.2, 0.25) is 5.91 Å². The van der Waals surface area contributed by atoms with Gasteiger partial charge in [0.05, 0.1) is 11.1 Å². The van der Waals surface area contributed by atoms with Crippen molar-refractivity contribution >= 4 is 40.2 Å². The Balaban J connectivity index is 1.57. The van der Waals surface area contributed by atoms with Crippen LogP contribution in [0.5, 0.6) is 0 Å². The number of aromatic nitrogens is 1. The molecule has 2 N–H and O–H groups in total. The molecule has 2 amide bonds. The van der Waals surface area contributed by atoms with Gasteiger partial charge in [-0.15, -0.1) is 0 Å². The van der Waals surface area contributed by atoms with Crippen molar-refractivity contribution in [1.82, 2.24) is 15.2 Å². The second-order valence-corrected chi connectivity index (χ2v) is 8.28. The molecule has 186 valence electrons. The fraction of sp³-hybridized carbons (Fsp3) is 0.320. The summed E-state index contributed by atoms with van der Waals surface area (Å²) >= 11 is 5.97. The molecule has 0 saturated heterocycles. The van der Waals surface area contributed by atoms with Crippen LogP contribution < -0.4 is 10.6 Å². The van der Waals surface area contributed by atoms with E-state index < -0.39 is 24.6 Å². The normalized spacial score (nSPS) is 11.8. The van der Waals surface area contributed by atoms with Crippen molar-refractivity contribution in [3.8, 4) is 0 Å². The second-order valence-electron chi connectivity index (χ2n) is 7.90. The van der Waals surface area contributed by atoms with E-state index in [-0.39, 0.29) is 43.5 Å². The number of aryl methyl sites for hydroxylation is 1. The summed E-state index contributed by atoms with van der Waals surface area (Å²) in [7, 11) is 1.57. The zero-order valence-electron chi connectivity index (χ0n) is 19.3. The lowest BCUT2D eigenvalue weighted by molar-refractivity contribution is -0.132. The Morgan fingerprint density at radius 1 is 1.17 bits per heavy atom. The van der Waals surface area contributed by atoms with Crippen molar-refractivity contribution in [2.45, 2.75) is 18.9 Å². The molecule has 0 saturated carbocycles. The molecule has 0 radical (unpaired) electrons. The average molecular weight is 505 g/mol. The second kappa shape index (κ2) is 13.0. The smallest absolute Gasteiger partial charge is 0.412 e. The van der Waals surface area contributed by atoms with E-state index in [4.69, 9.17) is 16.3 Å². The molecule has 0 aliphatic heterocycles. The summed E-state index contributed by atoms with van der Waals surface area (Å²) in [6.45, 7) is -0.377. The van der Waals surface area contributed by atoms with Crippen LogP contribution in [0.3, 0.4) is 0 Å². The lowest BCUT2D eigenvalue weighted by atomic mass is 10.1. The lowest BCUT2D eigenvalue weighted by Crippen LogP contribution is -2.47. The van der Waals surface area contributed by atoms with Gasteiger partial charge in [-0.3, -0.25) is 10.1 Å². The van der Waals surface area contributed by atoms with Crippen LogP contribution in [-0.4, -0.2) is 61.3 Å². The van der Waals surface area contributed by atoms with Gasteiger partial charge in [0.25, 0.3) is 0 Å². The maximum atomic E-state index is 13.6. The third-order valence-corrected chi connectivity index (χ3v) is 5.92. The number of amides is 2. The van der Waals surface area contributed by atoms with Gasteiger partial charge in [0.15, 0.2) is 0 Å². The van der Waals surface area contributed by atoms with E-state index in [9.17, 15) is 18.4 Å². The number of nitrogens with zero attached hydrogens (tertiary/aromatic N) is 2. The predicted octanol–water partition coefficient (Wildman–Crippen LogP) is 4.59. The number of rotatable bonds is 11. The number of carbonyl (C=O) groups is 2. The summed E-state index contributed by atoms with van der Waals surface area (Å²) in [6, 6.07) is 13.2. The van der Waals surface area contributed by atoms with Crippen molar-refractivity contribution in [2.24, 2.45) is 0 Å². The average Bonchev–Trinajstić information content (AvgIpc) is 2.86. The molecular formula is C25H27ClF2N4O3. The first kappa shape index (κ1) is 26.3. The van der Waals surface area contributed by atoms with Crippen LogP contribution in [0.1, 0.15) is 12.0 Å². The quantitative estimate of drug-likeness (QED) is 0.373. The fourth-order valence-electron chi connectivity index (χ4n) is 3.47. The lowest BCUT2D eigenvalue weighted by Gasteiger charge is -2.28. The standard InChI is InChI=1S/C25H27ClF2N4O3/c1-32(23(33)10-9-17-7-4-8-21(28)24(17)26)20(15-29-12-11-27)16-35-25(34)31-22-13-18-5-2-3-6-19(18)14-30-22/h2-8,13-14,20,29H,9-12,15-16H2,1H3,(H,30,31,34)/t20-/m0/s1. The molecule has 2 aromatic carbocycles. The van der Waals surface area contributed by atoms with Crippen LogP contribution >= 0.6 is 11.6 Å². The minimum absolute atomic E-state index is 0.00794. The Hall–Kier alpha value is -3.30. The zero-order valence-corrected chi connectivity index (χ0v) is 20.0. The number of hydrogen-bond acceptors (Lipinski definition) is 5. The van der Waals surface area contributed by atoms with E-state index in [2.05, 4.69) is 15.6 Å². The van der Waals surface area contributed by atoms with Gasteiger partial charge in [0, 0.05) is 38.1 Å². The minimum atomic E-state index is -0.726. The van der Waals surface area contributed by atoms with Gasteiger partial charge < -0.3 is 15.0 Å². The number of halogens is 3. The Bertz CT molecular complexity index is 1160. The summed E-state index contributed by atoms with van der Waals surface area (Å²) in [5.74, 6) is -0.464. The number of alkyl halides is 1. The molecule has 10 heteroatoms. The van der Waals surface area contributed by atoms with Gasteiger partial charge in [-0.25, -0.2) is 18.6 Å². The van der Waals surface area contributed by atoms with Crippen LogP contribution in [0.25, 0.3) is 10.8 Å². The summed E-state index contributed by atoms with van der Waals surface area (Å²) in [4.78, 5) is 30.7. The highest BCUT2D eigenvalue weighted by atomic mass is 35.5. The number of benzene rings is 2. The molecule has 1 atom stereocenters. The largest absolute Gasteiger partial charge is 0.447 e. The van der Waals surface area contributed by atoms with Crippen LogP contribution in [0, 0.1) is 5.82 Å². The van der Waals surface area contributed by atoms with Crippen molar-refractivity contribution in [2.75, 3.05) is 38.7 Å². The number of carbonyl (C=O) groups excluding carboxylic acids is 2. The summed E-state index contributed by atoms with van der Waals surface area (Å²) in [6.07, 6.45) is 1.24. The SMILES string of the molecule is CN(C(=O)CCc1cccc(F)c1Cl)[C@@H](CNCCF)COC(=O)Nc1cc2ccccc2cn1. The molecule has 3 aromatic rings. The van der Waals surface area contributed by atoms with E-state index in [1.54, 1.807) is 25.4 Å². The Morgan fingerprint density at radius 2 is 1.94 bits per heavy atom. The van der Waals surface area contributed by atoms with Crippen LogP contribution in [0.2, 0.25) is 5.02 Å². The molecule has 1 heterocycles. The molecule has 35 heavy (non-hydrogen) atoms. The van der Waals surface area contributed by atoms with Gasteiger partial charge in [0.1, 0.15) is 24.9 Å². The van der Waals surface area contributed by atoms with E-state index in [0.717, 1.165) is 10.8 Å². The van der Waals surface area contributed by atoms with Gasteiger partial charge in [-0.05, 0) is 29.5 Å². The molecule has 1 aromatic heterocycles. The minimum Gasteiger partial charge on any atom is -0.447 e. The summed E-state index contributed by atoms with van der Waals surface area (Å²) in [5.41, 5.74) is 0.527. The van der Waals surface area contributed by atoms with E-state index in [1.807, 2.05) is 24.3 Å². The van der Waals surface area contributed by atoms with Crippen LogP contribution in [-0.2, 0) is 16.0 Å². The van der Waals surface area contributed by atoms with Crippen molar-refractivity contribution < 1.29 is 23.1 Å². The highest BCUT2D eigenvalue weighted by Crippen LogP contribution is 2.21. The molecule has 0 spiro atoms. The first-order valence-electron chi connectivity index (χ1n) is 11.1. The maximum absolute atomic E-state index is 13.6. The fourth-order valence-corrected chi connectivity index (χ4v) is 3.69. The topological polar surface area (TPSA) is 83.6 Å². The number of hydrogen-bond donors (Lipinski definition) is 2. The molecule has 0 fully saturated rings. The monoisotopic (exact) mass is 504 g/mol. The van der Waals surface area contributed by atoms with Crippen LogP contribution in [0.4, 0.5) is 19.4 Å². The molecular weight excluding hydrogens is 478 g/mol. The third-order valence-electron chi connectivity index (χ3n) is 5.50. The molecule has 0 aliphatic rings. The molecule has 7 nitrogen and oxygen atoms in total. The summed E-state index contributed by atoms with van der Waals surface area (Å²) < 4.78 is 31.5. The maximum Gasteiger partial charge on any atom is 0.412 e. The van der Waals surface area contributed by atoms with E-state index in [1.165, 1.54) is 17.0 Å². The van der Waals surface area contributed by atoms with Crippen molar-refractivity contribution in [3.05, 3.63) is 71.1 Å². The van der Waals surface area contributed by atoms with Crippen molar-refractivity contribution in [1.29, 1.82) is 0 Å². The molecule has 0 aliphatic carbocycles. The van der Waals surface area contributed by atoms with Gasteiger partial charge in [-0.2, -0.15) is 0 Å².